The number of allylic oxidation sites excluding steroid dienone is 1. The van der Waals surface area contributed by atoms with Gasteiger partial charge in [-0.3, -0.25) is 4.98 Å². The van der Waals surface area contributed by atoms with Crippen molar-refractivity contribution in [1.29, 1.82) is 0 Å². The molecule has 176 valence electrons. The van der Waals surface area contributed by atoms with Gasteiger partial charge in [-0.1, -0.05) is 31.2 Å². The van der Waals surface area contributed by atoms with Crippen LogP contribution in [-0.4, -0.2) is 40.2 Å². The van der Waals surface area contributed by atoms with Crippen molar-refractivity contribution in [2.75, 3.05) is 13.1 Å². The number of hydrogen-bond donors (Lipinski definition) is 0. The number of fused-ring (bicyclic) bond motifs is 2. The molecule has 6 atom stereocenters. The molecule has 3 aliphatic carbocycles. The average Bonchev–Trinajstić information content (AvgIpc) is 3.33. The summed E-state index contributed by atoms with van der Waals surface area (Å²) in [6.45, 7) is 5.20. The Balaban J connectivity index is 1.16. The van der Waals surface area contributed by atoms with Crippen molar-refractivity contribution in [1.82, 2.24) is 9.88 Å². The fourth-order valence-corrected chi connectivity index (χ4v) is 9.27. The van der Waals surface area contributed by atoms with E-state index in [9.17, 15) is 0 Å². The Labute approximate surface area is 203 Å². The van der Waals surface area contributed by atoms with Crippen LogP contribution >= 0.6 is 0 Å². The number of aromatic nitrogens is 1. The van der Waals surface area contributed by atoms with Crippen LogP contribution in [0.5, 0.6) is 0 Å². The van der Waals surface area contributed by atoms with Crippen LogP contribution in [0, 0.1) is 11.3 Å². The second-order valence-corrected chi connectivity index (χ2v) is 12.5. The van der Waals surface area contributed by atoms with E-state index >= 15 is 0 Å². The van der Waals surface area contributed by atoms with E-state index < -0.39 is 0 Å². The number of ether oxygens (including phenoxy) is 1. The van der Waals surface area contributed by atoms with Gasteiger partial charge in [0, 0.05) is 23.8 Å². The van der Waals surface area contributed by atoms with Crippen LogP contribution in [-0.2, 0) is 4.74 Å². The lowest BCUT2D eigenvalue weighted by Crippen LogP contribution is -2.56. The Morgan fingerprint density at radius 1 is 1.06 bits per heavy atom. The molecule has 1 aromatic carbocycles. The molecule has 2 aromatic rings. The third-order valence-electron chi connectivity index (χ3n) is 11.1. The molecule has 0 amide bonds. The second kappa shape index (κ2) is 6.83. The number of hydrogen-bond acceptors (Lipinski definition) is 3. The number of pyridine rings is 1. The van der Waals surface area contributed by atoms with E-state index in [1.165, 1.54) is 87.2 Å². The maximum atomic E-state index is 7.49. The molecule has 0 radical (unpaired) electrons. The van der Waals surface area contributed by atoms with Crippen LogP contribution < -0.4 is 0 Å². The molecule has 4 heterocycles. The fourth-order valence-electron chi connectivity index (χ4n) is 9.27. The molecule has 3 heteroatoms. The summed E-state index contributed by atoms with van der Waals surface area (Å²) in [6.07, 6.45) is 20.6. The summed E-state index contributed by atoms with van der Waals surface area (Å²) >= 11 is 0. The molecule has 4 fully saturated rings. The van der Waals surface area contributed by atoms with Crippen molar-refractivity contribution in [3.8, 4) is 0 Å². The lowest BCUT2D eigenvalue weighted by atomic mass is 9.58. The molecule has 2 bridgehead atoms. The highest BCUT2D eigenvalue weighted by atomic mass is 16.5. The summed E-state index contributed by atoms with van der Waals surface area (Å²) in [5, 5.41) is 2.57. The first-order valence-corrected chi connectivity index (χ1v) is 13.8. The highest BCUT2D eigenvalue weighted by molar-refractivity contribution is 5.82. The summed E-state index contributed by atoms with van der Waals surface area (Å²) in [6, 6.07) is 9.99. The Morgan fingerprint density at radius 3 is 2.88 bits per heavy atom. The molecule has 1 aromatic heterocycles. The first kappa shape index (κ1) is 20.2. The van der Waals surface area contributed by atoms with Crippen molar-refractivity contribution in [2.45, 2.75) is 87.9 Å². The van der Waals surface area contributed by atoms with Gasteiger partial charge in [-0.05, 0) is 122 Å². The van der Waals surface area contributed by atoms with E-state index in [-0.39, 0.29) is 16.6 Å². The van der Waals surface area contributed by atoms with E-state index in [1.807, 2.05) is 12.4 Å². The molecule has 34 heavy (non-hydrogen) atoms. The van der Waals surface area contributed by atoms with Gasteiger partial charge < -0.3 is 9.64 Å². The zero-order valence-electron chi connectivity index (χ0n) is 20.4. The molecule has 2 saturated carbocycles. The monoisotopic (exact) mass is 452 g/mol. The molecular formula is C31H36N2O. The molecule has 8 rings (SSSR count). The van der Waals surface area contributed by atoms with Gasteiger partial charge in [0.15, 0.2) is 0 Å². The normalized spacial score (nSPS) is 42.9. The van der Waals surface area contributed by atoms with Crippen LogP contribution in [0.15, 0.2) is 60.0 Å². The molecule has 2 saturated heterocycles. The Bertz CT molecular complexity index is 1240. The summed E-state index contributed by atoms with van der Waals surface area (Å²) in [4.78, 5) is 7.12. The van der Waals surface area contributed by atoms with Gasteiger partial charge in [0.2, 0.25) is 0 Å². The van der Waals surface area contributed by atoms with E-state index in [1.54, 1.807) is 11.1 Å². The highest BCUT2D eigenvalue weighted by Gasteiger charge is 2.66. The van der Waals surface area contributed by atoms with Crippen LogP contribution in [0.1, 0.15) is 76.2 Å². The topological polar surface area (TPSA) is 25.4 Å². The number of nitrogens with zero attached hydrogens (tertiary/aromatic N) is 2. The minimum atomic E-state index is -0.0412. The average molecular weight is 453 g/mol. The quantitative estimate of drug-likeness (QED) is 0.516. The highest BCUT2D eigenvalue weighted by Crippen LogP contribution is 2.69. The molecule has 0 N–H and O–H groups in total. The third-order valence-corrected chi connectivity index (χ3v) is 11.1. The lowest BCUT2D eigenvalue weighted by molar-refractivity contribution is -0.142. The Kier molecular flexibility index (Phi) is 4.06. The van der Waals surface area contributed by atoms with Gasteiger partial charge in [0.25, 0.3) is 0 Å². The van der Waals surface area contributed by atoms with Gasteiger partial charge in [0.1, 0.15) is 0 Å². The minimum Gasteiger partial charge on any atom is -0.359 e. The third kappa shape index (κ3) is 2.53. The van der Waals surface area contributed by atoms with Gasteiger partial charge in [-0.25, -0.2) is 0 Å². The summed E-state index contributed by atoms with van der Waals surface area (Å²) in [7, 11) is 0. The zero-order chi connectivity index (χ0) is 22.5. The molecule has 3 aliphatic heterocycles. The smallest absolute Gasteiger partial charge is 0.0974 e. The van der Waals surface area contributed by atoms with Gasteiger partial charge in [0.05, 0.1) is 11.2 Å². The summed E-state index contributed by atoms with van der Waals surface area (Å²) in [5.74, 6) is 1.22. The second-order valence-electron chi connectivity index (χ2n) is 12.5. The van der Waals surface area contributed by atoms with E-state index in [2.05, 4.69) is 53.2 Å². The van der Waals surface area contributed by atoms with Gasteiger partial charge in [-0.2, -0.15) is 0 Å². The first-order valence-electron chi connectivity index (χ1n) is 13.8. The van der Waals surface area contributed by atoms with E-state index in [0.29, 0.717) is 11.8 Å². The standard InChI is InChI=1S/C31H36N2O/c1-29-11-9-25-18-24-5-6-26(33-15-2-16-33)19-30(24)12-13-31(25,34-30)28(29)8-7-27(29)22-4-3-21-10-14-32-20-23(21)17-22/h3-4,9-10,14,17-18,20,26-28H,2,5-8,11-13,15-16,19H2,1H3/t26-,27+,28+,29+,30+,31?/m0/s1. The van der Waals surface area contributed by atoms with Crippen molar-refractivity contribution >= 4 is 10.8 Å². The van der Waals surface area contributed by atoms with Crippen molar-refractivity contribution in [2.24, 2.45) is 11.3 Å². The van der Waals surface area contributed by atoms with Crippen LogP contribution in [0.4, 0.5) is 0 Å². The van der Waals surface area contributed by atoms with Crippen molar-refractivity contribution in [3.63, 3.8) is 0 Å². The van der Waals surface area contributed by atoms with Crippen LogP contribution in [0.2, 0.25) is 0 Å². The number of likely N-dealkylation sites (tertiary alicyclic amines) is 1. The van der Waals surface area contributed by atoms with Crippen LogP contribution in [0.25, 0.3) is 10.8 Å². The van der Waals surface area contributed by atoms with Crippen LogP contribution in [0.3, 0.4) is 0 Å². The van der Waals surface area contributed by atoms with Gasteiger partial charge in [-0.15, -0.1) is 0 Å². The van der Waals surface area contributed by atoms with Gasteiger partial charge >= 0.3 is 0 Å². The maximum Gasteiger partial charge on any atom is 0.0974 e. The molecule has 2 spiro atoms. The zero-order valence-corrected chi connectivity index (χ0v) is 20.4. The maximum absolute atomic E-state index is 7.49. The lowest BCUT2D eigenvalue weighted by Gasteiger charge is -2.55. The Hall–Kier alpha value is -1.97. The fraction of sp³-hybridized carbons (Fsp3) is 0.581. The minimum absolute atomic E-state index is 0.0286. The van der Waals surface area contributed by atoms with E-state index in [4.69, 9.17) is 4.74 Å². The number of rotatable bonds is 2. The molecule has 1 unspecified atom stereocenters. The van der Waals surface area contributed by atoms with Crippen molar-refractivity contribution in [3.05, 3.63) is 65.5 Å². The van der Waals surface area contributed by atoms with E-state index in [0.717, 1.165) is 6.04 Å². The largest absolute Gasteiger partial charge is 0.359 e. The summed E-state index contributed by atoms with van der Waals surface area (Å²) in [5.41, 5.74) is 4.94. The molecular weight excluding hydrogens is 416 g/mol. The van der Waals surface area contributed by atoms with Crippen molar-refractivity contribution < 1.29 is 4.74 Å². The summed E-state index contributed by atoms with van der Waals surface area (Å²) < 4.78 is 7.49. The predicted molar refractivity (Wildman–Crippen MR) is 136 cm³/mol. The SMILES string of the molecule is C[C@]12CC=C3C=C4CC[C@H](N5CCC5)C[C@]45CCC3(O5)[C@@H]1CC[C@@H]2c1ccc2ccncc2c1. The molecule has 6 aliphatic rings. The predicted octanol–water partition coefficient (Wildman–Crippen LogP) is 6.55. The first-order chi connectivity index (χ1) is 16.6. The number of benzene rings is 1. The molecule has 3 nitrogen and oxygen atoms in total. The Morgan fingerprint density at radius 2 is 2.00 bits per heavy atom.